The molecule has 7 rings (SSSR count). The van der Waals surface area contributed by atoms with Crippen molar-refractivity contribution in [3.05, 3.63) is 72.4 Å². The van der Waals surface area contributed by atoms with Crippen LogP contribution in [0.3, 0.4) is 0 Å². The largest absolute Gasteiger partial charge is 0.380 e. The molecule has 1 amide bonds. The third-order valence-corrected chi connectivity index (χ3v) is 9.46. The molecule has 236 valence electrons. The Morgan fingerprint density at radius 1 is 1.09 bits per heavy atom. The number of nitrogens with zero attached hydrogens (tertiary/aromatic N) is 9. The van der Waals surface area contributed by atoms with Gasteiger partial charge in [0, 0.05) is 55.8 Å². The van der Waals surface area contributed by atoms with Crippen molar-refractivity contribution >= 4 is 23.5 Å². The molecule has 0 radical (unpaired) electrons. The van der Waals surface area contributed by atoms with Crippen molar-refractivity contribution in [2.24, 2.45) is 12.5 Å². The van der Waals surface area contributed by atoms with Gasteiger partial charge < -0.3 is 15.0 Å². The van der Waals surface area contributed by atoms with Crippen LogP contribution in [0.15, 0.2) is 61.3 Å². The van der Waals surface area contributed by atoms with E-state index in [1.807, 2.05) is 36.3 Å². The Labute approximate surface area is 268 Å². The Morgan fingerprint density at radius 3 is 2.57 bits per heavy atom. The lowest BCUT2D eigenvalue weighted by atomic mass is 9.85. The molecule has 5 heterocycles. The third-order valence-electron chi connectivity index (χ3n) is 9.46. The Balaban J connectivity index is 1.04. The van der Waals surface area contributed by atoms with E-state index in [0.717, 1.165) is 69.5 Å². The second kappa shape index (κ2) is 12.8. The summed E-state index contributed by atoms with van der Waals surface area (Å²) in [5.41, 5.74) is 3.41. The zero-order chi connectivity index (χ0) is 31.5. The summed E-state index contributed by atoms with van der Waals surface area (Å²) in [5.74, 6) is 1.85. The van der Waals surface area contributed by atoms with Crippen molar-refractivity contribution in [1.29, 1.82) is 5.26 Å². The minimum atomic E-state index is 0.00259. The van der Waals surface area contributed by atoms with Gasteiger partial charge in [0.1, 0.15) is 11.6 Å². The molecule has 1 aromatic carbocycles. The maximum Gasteiger partial charge on any atom is 0.228 e. The number of hydrogen-bond donors (Lipinski definition) is 1. The van der Waals surface area contributed by atoms with Crippen molar-refractivity contribution in [3.8, 4) is 17.3 Å². The average molecular weight is 619 g/mol. The number of hydrogen-bond acceptors (Lipinski definition) is 10. The van der Waals surface area contributed by atoms with Crippen LogP contribution in [0.4, 0.5) is 17.6 Å². The summed E-state index contributed by atoms with van der Waals surface area (Å²) < 4.78 is 7.21. The number of anilines is 3. The minimum absolute atomic E-state index is 0.00259. The van der Waals surface area contributed by atoms with Crippen molar-refractivity contribution < 1.29 is 9.53 Å². The van der Waals surface area contributed by atoms with E-state index < -0.39 is 0 Å². The first-order valence-corrected chi connectivity index (χ1v) is 16.0. The molecule has 12 nitrogen and oxygen atoms in total. The number of carbonyl (C=O) groups excluding carboxylic acids is 1. The van der Waals surface area contributed by atoms with Gasteiger partial charge in [0.25, 0.3) is 0 Å². The number of ether oxygens (including phenoxy) is 1. The normalized spacial score (nSPS) is 20.2. The number of nitriles is 1. The summed E-state index contributed by atoms with van der Waals surface area (Å²) in [5, 5.41) is 17.5. The van der Waals surface area contributed by atoms with Crippen molar-refractivity contribution in [3.63, 3.8) is 0 Å². The third kappa shape index (κ3) is 6.28. The number of nitrogens with one attached hydrogen (secondary N) is 1. The molecule has 3 aliphatic rings. The van der Waals surface area contributed by atoms with E-state index in [-0.39, 0.29) is 23.4 Å². The fraction of sp³-hybridized carbons (Fsp3) is 0.441. The first-order chi connectivity index (χ1) is 22.5. The summed E-state index contributed by atoms with van der Waals surface area (Å²) in [6, 6.07) is 12.5. The first kappa shape index (κ1) is 29.8. The highest BCUT2D eigenvalue weighted by atomic mass is 16.5. The standard InChI is InChI=1S/C34H38N10O2/c1-42-20-26(17-39-42)29-18-37-30(19-36-29)44(31(45)12-7-24-5-3-2-4-6-24)28-10-8-27(9-11-28)40-33-38-16-25(15-35)32(41-33)43-14-13-34(21-43)22-46-23-34/h2-6,16-20,27-28H,7-14,21-23H2,1H3,(H,38,40,41)/t27-,28-. The molecule has 0 bridgehead atoms. The predicted octanol–water partition coefficient (Wildman–Crippen LogP) is 4.15. The highest BCUT2D eigenvalue weighted by Crippen LogP contribution is 2.40. The number of amides is 1. The second-order valence-electron chi connectivity index (χ2n) is 12.8. The molecule has 3 fully saturated rings. The van der Waals surface area contributed by atoms with E-state index >= 15 is 0 Å². The molecular formula is C34H38N10O2. The van der Waals surface area contributed by atoms with Gasteiger partial charge in [0.15, 0.2) is 11.6 Å². The van der Waals surface area contributed by atoms with Crippen LogP contribution in [0.1, 0.15) is 49.7 Å². The Hall–Kier alpha value is -4.89. The smallest absolute Gasteiger partial charge is 0.228 e. The zero-order valence-corrected chi connectivity index (χ0v) is 26.0. The molecule has 0 atom stereocenters. The Bertz CT molecular complexity index is 1710. The molecule has 2 aliphatic heterocycles. The van der Waals surface area contributed by atoms with Gasteiger partial charge in [-0.05, 0) is 44.1 Å². The average Bonchev–Trinajstić information content (AvgIpc) is 3.73. The van der Waals surface area contributed by atoms with E-state index in [1.54, 1.807) is 29.5 Å². The second-order valence-corrected chi connectivity index (χ2v) is 12.8. The quantitative estimate of drug-likeness (QED) is 0.291. The van der Waals surface area contributed by atoms with Gasteiger partial charge in [-0.25, -0.2) is 9.97 Å². The van der Waals surface area contributed by atoms with Gasteiger partial charge in [0.2, 0.25) is 11.9 Å². The topological polar surface area (TPSA) is 138 Å². The van der Waals surface area contributed by atoms with Crippen molar-refractivity contribution in [2.75, 3.05) is 41.4 Å². The number of carbonyl (C=O) groups is 1. The van der Waals surface area contributed by atoms with E-state index in [2.05, 4.69) is 43.5 Å². The minimum Gasteiger partial charge on any atom is -0.380 e. The van der Waals surface area contributed by atoms with Gasteiger partial charge in [-0.3, -0.25) is 19.4 Å². The number of rotatable bonds is 9. The SMILES string of the molecule is Cn1cc(-c2cnc(N(C(=O)CCc3ccccc3)[C@H]3CC[C@H](Nc4ncc(C#N)c(N5CCC6(COC6)C5)n4)CC3)cn2)cn1. The molecule has 46 heavy (non-hydrogen) atoms. The molecule has 1 spiro atoms. The van der Waals surface area contributed by atoms with Crippen LogP contribution in [0.5, 0.6) is 0 Å². The summed E-state index contributed by atoms with van der Waals surface area (Å²) in [6.07, 6.45) is 14.1. The molecule has 1 aliphatic carbocycles. The predicted molar refractivity (Wildman–Crippen MR) is 173 cm³/mol. The van der Waals surface area contributed by atoms with Gasteiger partial charge in [-0.2, -0.15) is 15.3 Å². The van der Waals surface area contributed by atoms with Crippen molar-refractivity contribution in [1.82, 2.24) is 29.7 Å². The van der Waals surface area contributed by atoms with Gasteiger partial charge in [-0.15, -0.1) is 0 Å². The fourth-order valence-corrected chi connectivity index (χ4v) is 6.85. The van der Waals surface area contributed by atoms with Crippen LogP contribution in [0, 0.1) is 16.7 Å². The molecular weight excluding hydrogens is 580 g/mol. The molecule has 1 saturated carbocycles. The van der Waals surface area contributed by atoms with Gasteiger partial charge in [0.05, 0.1) is 43.7 Å². The Kier molecular flexibility index (Phi) is 8.32. The maximum atomic E-state index is 13.8. The molecule has 2 saturated heterocycles. The zero-order valence-electron chi connectivity index (χ0n) is 26.0. The molecule has 0 unspecified atom stereocenters. The Morgan fingerprint density at radius 2 is 1.91 bits per heavy atom. The van der Waals surface area contributed by atoms with Gasteiger partial charge >= 0.3 is 0 Å². The van der Waals surface area contributed by atoms with Crippen LogP contribution < -0.4 is 15.1 Å². The molecule has 12 heteroatoms. The summed E-state index contributed by atoms with van der Waals surface area (Å²) >= 11 is 0. The first-order valence-electron chi connectivity index (χ1n) is 16.0. The highest BCUT2D eigenvalue weighted by Gasteiger charge is 2.45. The number of aryl methyl sites for hydroxylation is 2. The summed E-state index contributed by atoms with van der Waals surface area (Å²) in [4.78, 5) is 36.5. The van der Waals surface area contributed by atoms with E-state index in [9.17, 15) is 10.1 Å². The van der Waals surface area contributed by atoms with Crippen LogP contribution >= 0.6 is 0 Å². The molecule has 4 aromatic rings. The van der Waals surface area contributed by atoms with E-state index in [4.69, 9.17) is 14.7 Å². The van der Waals surface area contributed by atoms with Gasteiger partial charge in [-0.1, -0.05) is 30.3 Å². The fourth-order valence-electron chi connectivity index (χ4n) is 6.85. The maximum absolute atomic E-state index is 13.8. The number of aromatic nitrogens is 6. The van der Waals surface area contributed by atoms with Crippen LogP contribution in [-0.2, 0) is 23.0 Å². The number of benzene rings is 1. The van der Waals surface area contributed by atoms with Crippen LogP contribution in [0.2, 0.25) is 0 Å². The molecule has 3 aromatic heterocycles. The monoisotopic (exact) mass is 618 g/mol. The van der Waals surface area contributed by atoms with Crippen molar-refractivity contribution in [2.45, 2.75) is 57.0 Å². The van der Waals surface area contributed by atoms with Crippen LogP contribution in [0.25, 0.3) is 11.3 Å². The summed E-state index contributed by atoms with van der Waals surface area (Å²) in [7, 11) is 1.86. The van der Waals surface area contributed by atoms with E-state index in [0.29, 0.717) is 41.7 Å². The lowest BCUT2D eigenvalue weighted by Gasteiger charge is -2.37. The highest BCUT2D eigenvalue weighted by molar-refractivity contribution is 5.93. The van der Waals surface area contributed by atoms with E-state index in [1.165, 1.54) is 0 Å². The molecule has 1 N–H and O–H groups in total. The lowest BCUT2D eigenvalue weighted by molar-refractivity contribution is -0.119. The summed E-state index contributed by atoms with van der Waals surface area (Å²) in [6.45, 7) is 3.26. The lowest BCUT2D eigenvalue weighted by Crippen LogP contribution is -2.45. The van der Waals surface area contributed by atoms with Crippen LogP contribution in [-0.4, -0.2) is 74.0 Å².